The van der Waals surface area contributed by atoms with Gasteiger partial charge in [-0.3, -0.25) is 0 Å². The summed E-state index contributed by atoms with van der Waals surface area (Å²) >= 11 is 0. The molecule has 4 atom stereocenters. The van der Waals surface area contributed by atoms with Gasteiger partial charge >= 0.3 is 0 Å². The maximum atomic E-state index is 4.02. The van der Waals surface area contributed by atoms with Gasteiger partial charge in [-0.05, 0) is 57.5 Å². The SMILES string of the molecule is CC1CCCC(CNC2CCCCC2C(C)C)(N(C)C)C1. The second-order valence-corrected chi connectivity index (χ2v) is 8.50. The Hall–Kier alpha value is -0.0800. The van der Waals surface area contributed by atoms with Crippen LogP contribution in [0.15, 0.2) is 0 Å². The first-order valence-corrected chi connectivity index (χ1v) is 9.35. The summed E-state index contributed by atoms with van der Waals surface area (Å²) in [4.78, 5) is 2.52. The van der Waals surface area contributed by atoms with E-state index in [4.69, 9.17) is 0 Å². The van der Waals surface area contributed by atoms with E-state index in [1.54, 1.807) is 0 Å². The van der Waals surface area contributed by atoms with Crippen molar-refractivity contribution in [2.24, 2.45) is 17.8 Å². The molecule has 4 unspecified atom stereocenters. The number of hydrogen-bond donors (Lipinski definition) is 1. The number of nitrogens with one attached hydrogen (secondary N) is 1. The number of hydrogen-bond acceptors (Lipinski definition) is 2. The van der Waals surface area contributed by atoms with Gasteiger partial charge in [0.1, 0.15) is 0 Å². The Morgan fingerprint density at radius 3 is 2.43 bits per heavy atom. The molecule has 2 heteroatoms. The van der Waals surface area contributed by atoms with Crippen LogP contribution in [-0.2, 0) is 0 Å². The van der Waals surface area contributed by atoms with Crippen molar-refractivity contribution < 1.29 is 0 Å². The topological polar surface area (TPSA) is 15.3 Å². The molecule has 0 spiro atoms. The lowest BCUT2D eigenvalue weighted by Crippen LogP contribution is -2.57. The third-order valence-electron chi connectivity index (χ3n) is 6.39. The lowest BCUT2D eigenvalue weighted by atomic mass is 9.74. The molecule has 21 heavy (non-hydrogen) atoms. The van der Waals surface area contributed by atoms with Crippen LogP contribution in [-0.4, -0.2) is 37.1 Å². The maximum absolute atomic E-state index is 4.02. The van der Waals surface area contributed by atoms with Crippen LogP contribution in [0.5, 0.6) is 0 Å². The Kier molecular flexibility index (Phi) is 6.14. The highest BCUT2D eigenvalue weighted by Gasteiger charge is 2.38. The third kappa shape index (κ3) is 4.22. The van der Waals surface area contributed by atoms with Gasteiger partial charge in [-0.15, -0.1) is 0 Å². The Morgan fingerprint density at radius 1 is 1.10 bits per heavy atom. The zero-order chi connectivity index (χ0) is 15.5. The summed E-state index contributed by atoms with van der Waals surface area (Å²) in [6.45, 7) is 8.46. The molecule has 2 saturated carbocycles. The molecule has 124 valence electrons. The van der Waals surface area contributed by atoms with Crippen LogP contribution < -0.4 is 5.32 Å². The minimum absolute atomic E-state index is 0.399. The molecular weight excluding hydrogens is 256 g/mol. The Labute approximate surface area is 133 Å². The molecule has 0 heterocycles. The average Bonchev–Trinajstić information content (AvgIpc) is 2.45. The molecule has 0 amide bonds. The van der Waals surface area contributed by atoms with Crippen LogP contribution in [0.25, 0.3) is 0 Å². The standard InChI is InChI=1S/C19H38N2/c1-15(2)17-10-6-7-11-18(17)20-14-19(21(4)5)12-8-9-16(3)13-19/h15-18,20H,6-14H2,1-5H3. The van der Waals surface area contributed by atoms with E-state index < -0.39 is 0 Å². The smallest absolute Gasteiger partial charge is 0.0330 e. The first kappa shape index (κ1) is 17.3. The molecule has 0 aromatic rings. The number of rotatable bonds is 5. The summed E-state index contributed by atoms with van der Waals surface area (Å²) < 4.78 is 0. The van der Waals surface area contributed by atoms with Crippen LogP contribution in [0.1, 0.15) is 72.1 Å². The van der Waals surface area contributed by atoms with Gasteiger partial charge in [0, 0.05) is 18.1 Å². The van der Waals surface area contributed by atoms with E-state index in [1.807, 2.05) is 0 Å². The van der Waals surface area contributed by atoms with Crippen LogP contribution in [0.4, 0.5) is 0 Å². The highest BCUT2D eigenvalue weighted by molar-refractivity contribution is 4.96. The van der Waals surface area contributed by atoms with Gasteiger partial charge in [-0.25, -0.2) is 0 Å². The van der Waals surface area contributed by atoms with Crippen LogP contribution >= 0.6 is 0 Å². The van der Waals surface area contributed by atoms with E-state index in [1.165, 1.54) is 57.9 Å². The van der Waals surface area contributed by atoms with E-state index in [0.29, 0.717) is 5.54 Å². The molecule has 2 aliphatic carbocycles. The summed E-state index contributed by atoms with van der Waals surface area (Å²) in [6, 6.07) is 0.757. The van der Waals surface area contributed by atoms with Gasteiger partial charge in [0.25, 0.3) is 0 Å². The fourth-order valence-corrected chi connectivity index (χ4v) is 4.89. The predicted molar refractivity (Wildman–Crippen MR) is 92.6 cm³/mol. The van der Waals surface area contributed by atoms with E-state index in [0.717, 1.165) is 23.8 Å². The highest BCUT2D eigenvalue weighted by Crippen LogP contribution is 2.36. The lowest BCUT2D eigenvalue weighted by molar-refractivity contribution is 0.0645. The van der Waals surface area contributed by atoms with Gasteiger partial charge in [-0.2, -0.15) is 0 Å². The second kappa shape index (κ2) is 7.46. The summed E-state index contributed by atoms with van der Waals surface area (Å²) in [5.41, 5.74) is 0.399. The predicted octanol–water partition coefficient (Wildman–Crippen LogP) is 4.30. The Balaban J connectivity index is 1.97. The number of nitrogens with zero attached hydrogens (tertiary/aromatic N) is 1. The van der Waals surface area contributed by atoms with Crippen LogP contribution in [0, 0.1) is 17.8 Å². The Bertz CT molecular complexity index is 313. The largest absolute Gasteiger partial charge is 0.312 e. The first-order valence-electron chi connectivity index (χ1n) is 9.35. The van der Waals surface area contributed by atoms with Gasteiger partial charge in [0.05, 0.1) is 0 Å². The fourth-order valence-electron chi connectivity index (χ4n) is 4.89. The van der Waals surface area contributed by atoms with Gasteiger partial charge in [-0.1, -0.05) is 46.5 Å². The average molecular weight is 295 g/mol. The summed E-state index contributed by atoms with van der Waals surface area (Å²) in [5.74, 6) is 2.59. The van der Waals surface area contributed by atoms with Crippen molar-refractivity contribution >= 4 is 0 Å². The minimum atomic E-state index is 0.399. The van der Waals surface area contributed by atoms with Crippen molar-refractivity contribution in [3.05, 3.63) is 0 Å². The Morgan fingerprint density at radius 2 is 1.81 bits per heavy atom. The summed E-state index contributed by atoms with van der Waals surface area (Å²) in [6.07, 6.45) is 11.3. The molecule has 0 aromatic heterocycles. The summed E-state index contributed by atoms with van der Waals surface area (Å²) in [5, 5.41) is 4.02. The van der Waals surface area contributed by atoms with Crippen LogP contribution in [0.2, 0.25) is 0 Å². The van der Waals surface area contributed by atoms with E-state index in [2.05, 4.69) is 45.1 Å². The molecule has 0 aliphatic heterocycles. The maximum Gasteiger partial charge on any atom is 0.0330 e. The van der Waals surface area contributed by atoms with E-state index in [-0.39, 0.29) is 0 Å². The normalized spacial score (nSPS) is 38.1. The van der Waals surface area contributed by atoms with Crippen molar-refractivity contribution in [2.75, 3.05) is 20.6 Å². The van der Waals surface area contributed by atoms with Crippen LogP contribution in [0.3, 0.4) is 0 Å². The fraction of sp³-hybridized carbons (Fsp3) is 1.00. The highest BCUT2D eigenvalue weighted by atomic mass is 15.2. The molecular formula is C19H38N2. The molecule has 0 bridgehead atoms. The molecule has 1 N–H and O–H groups in total. The van der Waals surface area contributed by atoms with Crippen molar-refractivity contribution in [2.45, 2.75) is 83.7 Å². The number of likely N-dealkylation sites (N-methyl/N-ethyl adjacent to an activating group) is 1. The third-order valence-corrected chi connectivity index (χ3v) is 6.39. The summed E-state index contributed by atoms with van der Waals surface area (Å²) in [7, 11) is 4.58. The van der Waals surface area contributed by atoms with E-state index >= 15 is 0 Å². The molecule has 2 rings (SSSR count). The van der Waals surface area contributed by atoms with Crippen molar-refractivity contribution in [1.82, 2.24) is 10.2 Å². The van der Waals surface area contributed by atoms with Crippen molar-refractivity contribution in [3.63, 3.8) is 0 Å². The zero-order valence-electron chi connectivity index (χ0n) is 15.1. The van der Waals surface area contributed by atoms with Crippen molar-refractivity contribution in [3.8, 4) is 0 Å². The monoisotopic (exact) mass is 294 g/mol. The zero-order valence-corrected chi connectivity index (χ0v) is 15.1. The second-order valence-electron chi connectivity index (χ2n) is 8.50. The first-order chi connectivity index (χ1) is 9.94. The molecule has 0 aromatic carbocycles. The van der Waals surface area contributed by atoms with Gasteiger partial charge < -0.3 is 10.2 Å². The van der Waals surface area contributed by atoms with E-state index in [9.17, 15) is 0 Å². The molecule has 2 nitrogen and oxygen atoms in total. The molecule has 2 fully saturated rings. The molecule has 0 radical (unpaired) electrons. The lowest BCUT2D eigenvalue weighted by Gasteiger charge is -2.47. The molecule has 0 saturated heterocycles. The van der Waals surface area contributed by atoms with Crippen molar-refractivity contribution in [1.29, 1.82) is 0 Å². The minimum Gasteiger partial charge on any atom is -0.312 e. The molecule has 2 aliphatic rings. The van der Waals surface area contributed by atoms with Gasteiger partial charge in [0.15, 0.2) is 0 Å². The quantitative estimate of drug-likeness (QED) is 0.813. The van der Waals surface area contributed by atoms with Gasteiger partial charge in [0.2, 0.25) is 0 Å².